The number of nitrogens with two attached hydrogens (primary N) is 1. The van der Waals surface area contributed by atoms with Crippen LogP contribution in [0, 0.1) is 5.92 Å². The van der Waals surface area contributed by atoms with Crippen molar-refractivity contribution in [2.24, 2.45) is 5.92 Å². The summed E-state index contributed by atoms with van der Waals surface area (Å²) in [6, 6.07) is 3.40. The minimum Gasteiger partial charge on any atom is -0.398 e. The zero-order chi connectivity index (χ0) is 14.0. The van der Waals surface area contributed by atoms with Crippen LogP contribution in [0.2, 0.25) is 0 Å². The minimum atomic E-state index is -4.52. The third-order valence-electron chi connectivity index (χ3n) is 3.34. The van der Waals surface area contributed by atoms with E-state index in [0.29, 0.717) is 12.3 Å². The van der Waals surface area contributed by atoms with Crippen LogP contribution in [0.1, 0.15) is 31.2 Å². The molecule has 0 bridgehead atoms. The Hall–Kier alpha value is -1.72. The number of hydrogen-bond donors (Lipinski definition) is 2. The molecule has 1 saturated carbocycles. The van der Waals surface area contributed by atoms with Crippen LogP contribution in [0.25, 0.3) is 0 Å². The van der Waals surface area contributed by atoms with Gasteiger partial charge in [0.1, 0.15) is 0 Å². The second-order valence-electron chi connectivity index (χ2n) is 4.85. The molecule has 0 aliphatic heterocycles. The number of carbonyl (C=O) groups is 1. The van der Waals surface area contributed by atoms with Gasteiger partial charge < -0.3 is 11.1 Å². The van der Waals surface area contributed by atoms with Gasteiger partial charge in [-0.3, -0.25) is 4.79 Å². The second-order valence-corrected chi connectivity index (χ2v) is 4.85. The fourth-order valence-corrected chi connectivity index (χ4v) is 2.05. The molecule has 0 unspecified atom stereocenters. The van der Waals surface area contributed by atoms with Crippen LogP contribution in [0.3, 0.4) is 0 Å². The minimum absolute atomic E-state index is 0.130. The zero-order valence-corrected chi connectivity index (χ0v) is 10.3. The number of hydrogen-bond acceptors (Lipinski definition) is 2. The summed E-state index contributed by atoms with van der Waals surface area (Å²) in [4.78, 5) is 11.6. The molecule has 3 nitrogen and oxygen atoms in total. The topological polar surface area (TPSA) is 55.1 Å². The van der Waals surface area contributed by atoms with Crippen molar-refractivity contribution in [1.29, 1.82) is 0 Å². The van der Waals surface area contributed by atoms with E-state index in [1.54, 1.807) is 0 Å². The van der Waals surface area contributed by atoms with Crippen LogP contribution in [0.4, 0.5) is 24.5 Å². The number of alkyl halides is 3. The van der Waals surface area contributed by atoms with Gasteiger partial charge in [-0.1, -0.05) is 6.42 Å². The molecule has 1 fully saturated rings. The molecule has 19 heavy (non-hydrogen) atoms. The lowest BCUT2D eigenvalue weighted by Gasteiger charge is -2.24. The van der Waals surface area contributed by atoms with Gasteiger partial charge in [0.05, 0.1) is 5.56 Å². The Morgan fingerprint density at radius 2 is 2.05 bits per heavy atom. The zero-order valence-electron chi connectivity index (χ0n) is 10.3. The van der Waals surface area contributed by atoms with Gasteiger partial charge in [-0.15, -0.1) is 0 Å². The predicted octanol–water partition coefficient (Wildman–Crippen LogP) is 3.42. The highest BCUT2D eigenvalue weighted by molar-refractivity contribution is 5.91. The Morgan fingerprint density at radius 3 is 2.58 bits per heavy atom. The van der Waals surface area contributed by atoms with Crippen molar-refractivity contribution in [2.45, 2.75) is 31.9 Å². The van der Waals surface area contributed by atoms with Gasteiger partial charge in [0.25, 0.3) is 0 Å². The average molecular weight is 272 g/mol. The first-order chi connectivity index (χ1) is 8.86. The van der Waals surface area contributed by atoms with Crippen molar-refractivity contribution in [3.05, 3.63) is 23.8 Å². The maximum Gasteiger partial charge on any atom is 0.418 e. The lowest BCUT2D eigenvalue weighted by atomic mass is 9.83. The maximum atomic E-state index is 12.6. The summed E-state index contributed by atoms with van der Waals surface area (Å²) in [6.07, 6.45) is -0.992. The number of halogens is 3. The molecule has 6 heteroatoms. The highest BCUT2D eigenvalue weighted by Gasteiger charge is 2.33. The molecule has 0 spiro atoms. The fourth-order valence-electron chi connectivity index (χ4n) is 2.05. The normalized spacial score (nSPS) is 15.9. The molecule has 0 radical (unpaired) electrons. The molecule has 0 heterocycles. The predicted molar refractivity (Wildman–Crippen MR) is 66.4 cm³/mol. The van der Waals surface area contributed by atoms with E-state index in [9.17, 15) is 18.0 Å². The number of carbonyl (C=O) groups excluding carboxylic acids is 1. The molecule has 2 rings (SSSR count). The first-order valence-corrected chi connectivity index (χ1v) is 6.13. The van der Waals surface area contributed by atoms with Gasteiger partial charge in [0.2, 0.25) is 5.91 Å². The van der Waals surface area contributed by atoms with Crippen molar-refractivity contribution in [1.82, 2.24) is 0 Å². The Bertz CT molecular complexity index is 481. The van der Waals surface area contributed by atoms with Gasteiger partial charge in [0.15, 0.2) is 0 Å². The fraction of sp³-hybridized carbons (Fsp3) is 0.462. The van der Waals surface area contributed by atoms with E-state index in [-0.39, 0.29) is 17.3 Å². The van der Waals surface area contributed by atoms with E-state index in [1.165, 1.54) is 6.07 Å². The number of anilines is 2. The lowest BCUT2D eigenvalue weighted by Crippen LogP contribution is -2.21. The van der Waals surface area contributed by atoms with Crippen LogP contribution in [-0.4, -0.2) is 5.91 Å². The van der Waals surface area contributed by atoms with Crippen LogP contribution in [0.5, 0.6) is 0 Å². The molecule has 0 atom stereocenters. The highest BCUT2D eigenvalue weighted by Crippen LogP contribution is 2.35. The van der Waals surface area contributed by atoms with E-state index in [0.717, 1.165) is 31.4 Å². The Kier molecular flexibility index (Phi) is 3.68. The molecule has 1 aromatic carbocycles. The monoisotopic (exact) mass is 272 g/mol. The molecular weight excluding hydrogens is 257 g/mol. The first-order valence-electron chi connectivity index (χ1n) is 6.13. The number of amides is 1. The van der Waals surface area contributed by atoms with Crippen LogP contribution in [-0.2, 0) is 11.0 Å². The summed E-state index contributed by atoms with van der Waals surface area (Å²) >= 11 is 0. The molecule has 0 aromatic heterocycles. The van der Waals surface area contributed by atoms with Crippen molar-refractivity contribution < 1.29 is 18.0 Å². The third kappa shape index (κ3) is 3.39. The summed E-state index contributed by atoms with van der Waals surface area (Å²) in [7, 11) is 0. The van der Waals surface area contributed by atoms with Gasteiger partial charge in [0, 0.05) is 17.8 Å². The summed E-state index contributed by atoms with van der Waals surface area (Å²) in [6.45, 7) is 0. The van der Waals surface area contributed by atoms with Crippen molar-refractivity contribution in [3.8, 4) is 0 Å². The van der Waals surface area contributed by atoms with Crippen LogP contribution >= 0.6 is 0 Å². The Balaban J connectivity index is 2.06. The molecular formula is C13H15F3N2O. The van der Waals surface area contributed by atoms with Crippen LogP contribution < -0.4 is 11.1 Å². The molecule has 3 N–H and O–H groups in total. The molecule has 0 saturated heterocycles. The highest BCUT2D eigenvalue weighted by atomic mass is 19.4. The van der Waals surface area contributed by atoms with Crippen molar-refractivity contribution in [2.75, 3.05) is 11.1 Å². The Labute approximate surface area is 109 Å². The van der Waals surface area contributed by atoms with E-state index in [2.05, 4.69) is 5.32 Å². The molecule has 104 valence electrons. The van der Waals surface area contributed by atoms with Gasteiger partial charge >= 0.3 is 6.18 Å². The smallest absolute Gasteiger partial charge is 0.398 e. The average Bonchev–Trinajstić information content (AvgIpc) is 2.25. The van der Waals surface area contributed by atoms with Crippen LogP contribution in [0.15, 0.2) is 18.2 Å². The standard InChI is InChI=1S/C13H15F3N2O/c14-13(15,16)10-7-9(4-5-11(10)17)18-12(19)6-8-2-1-3-8/h4-5,7-8H,1-3,6,17H2,(H,18,19). The third-order valence-corrected chi connectivity index (χ3v) is 3.34. The Morgan fingerprint density at radius 1 is 1.37 bits per heavy atom. The van der Waals surface area contributed by atoms with E-state index >= 15 is 0 Å². The van der Waals surface area contributed by atoms with Crippen molar-refractivity contribution in [3.63, 3.8) is 0 Å². The number of benzene rings is 1. The SMILES string of the molecule is Nc1ccc(NC(=O)CC2CCC2)cc1C(F)(F)F. The number of nitrogen functional groups attached to an aromatic ring is 1. The largest absolute Gasteiger partial charge is 0.418 e. The summed E-state index contributed by atoms with van der Waals surface area (Å²) in [5, 5.41) is 2.49. The van der Waals surface area contributed by atoms with Gasteiger partial charge in [-0.05, 0) is 37.0 Å². The van der Waals surface area contributed by atoms with E-state index < -0.39 is 11.7 Å². The maximum absolute atomic E-state index is 12.6. The lowest BCUT2D eigenvalue weighted by molar-refractivity contribution is -0.137. The molecule has 1 aliphatic carbocycles. The molecule has 1 amide bonds. The first kappa shape index (κ1) is 13.7. The van der Waals surface area contributed by atoms with Crippen molar-refractivity contribution >= 4 is 17.3 Å². The molecule has 1 aromatic rings. The number of nitrogens with one attached hydrogen (secondary N) is 1. The molecule has 1 aliphatic rings. The summed E-state index contributed by atoms with van der Waals surface area (Å²) in [5.41, 5.74) is 4.15. The second kappa shape index (κ2) is 5.11. The summed E-state index contributed by atoms with van der Waals surface area (Å²) in [5.74, 6) is 0.124. The summed E-state index contributed by atoms with van der Waals surface area (Å²) < 4.78 is 37.9. The number of rotatable bonds is 3. The van der Waals surface area contributed by atoms with E-state index in [1.807, 2.05) is 0 Å². The quantitative estimate of drug-likeness (QED) is 0.828. The van der Waals surface area contributed by atoms with Gasteiger partial charge in [-0.2, -0.15) is 13.2 Å². The van der Waals surface area contributed by atoms with Gasteiger partial charge in [-0.25, -0.2) is 0 Å². The van der Waals surface area contributed by atoms with E-state index in [4.69, 9.17) is 5.73 Å².